The average molecular weight is 551 g/mol. The minimum atomic E-state index is -0.467. The van der Waals surface area contributed by atoms with E-state index in [1.165, 1.54) is 35.7 Å². The van der Waals surface area contributed by atoms with Crippen LogP contribution in [0.2, 0.25) is 0 Å². The number of allylic oxidation sites excluding steroid dienone is 1. The monoisotopic (exact) mass is 550 g/mol. The van der Waals surface area contributed by atoms with Crippen LogP contribution in [0.1, 0.15) is 77.6 Å². The van der Waals surface area contributed by atoms with Crippen LogP contribution in [0.3, 0.4) is 0 Å². The van der Waals surface area contributed by atoms with Crippen molar-refractivity contribution in [2.24, 2.45) is 4.99 Å². The van der Waals surface area contributed by atoms with Crippen LogP contribution >= 0.6 is 0 Å². The van der Waals surface area contributed by atoms with E-state index in [1.807, 2.05) is 19.2 Å². The highest BCUT2D eigenvalue weighted by Gasteiger charge is 2.12. The molecule has 2 aromatic carbocycles. The molecule has 3 N–H and O–H groups in total. The first-order chi connectivity index (χ1) is 18.7. The van der Waals surface area contributed by atoms with Crippen molar-refractivity contribution in [1.29, 1.82) is 0 Å². The molecule has 0 aliphatic heterocycles. The van der Waals surface area contributed by atoms with Crippen LogP contribution in [0, 0.1) is 6.92 Å². The predicted molar refractivity (Wildman–Crippen MR) is 170 cm³/mol. The van der Waals surface area contributed by atoms with Crippen LogP contribution in [0.25, 0.3) is 0 Å². The maximum absolute atomic E-state index is 10.2. The van der Waals surface area contributed by atoms with Crippen LogP contribution in [-0.2, 0) is 23.1 Å². The van der Waals surface area contributed by atoms with Crippen LogP contribution in [-0.4, -0.2) is 38.8 Å². The van der Waals surface area contributed by atoms with Crippen LogP contribution in [0.5, 0.6) is 17.2 Å². The number of phenols is 3. The van der Waals surface area contributed by atoms with E-state index in [2.05, 4.69) is 81.5 Å². The predicted octanol–water partition coefficient (Wildman–Crippen LogP) is 8.16. The zero-order valence-electron chi connectivity index (χ0n) is 26.1. The summed E-state index contributed by atoms with van der Waals surface area (Å²) in [5.41, 5.74) is 5.70. The lowest BCUT2D eigenvalue weighted by molar-refractivity contribution is -0.111. The third kappa shape index (κ3) is 17.6. The fraction of sp³-hybridized carbons (Fsp3) is 0.382. The van der Waals surface area contributed by atoms with E-state index in [1.54, 1.807) is 33.2 Å². The van der Waals surface area contributed by atoms with E-state index in [0.29, 0.717) is 11.3 Å². The number of pyridine rings is 1. The van der Waals surface area contributed by atoms with Crippen molar-refractivity contribution >= 4 is 11.5 Å². The van der Waals surface area contributed by atoms with E-state index in [4.69, 9.17) is 15.3 Å². The number of carbonyl (C=O) groups excluding carboxylic acids is 1. The molecule has 0 saturated heterocycles. The number of aromatic hydroxyl groups is 3. The molecule has 40 heavy (non-hydrogen) atoms. The number of carbonyl (C=O) groups is 1. The number of aromatic nitrogens is 1. The number of nitrogens with zero attached hydrogens (tertiary/aromatic N) is 2. The molecule has 1 aromatic heterocycles. The standard InChI is InChI=1S/C12H18.C7H9N.C7H8O3.C5H9NO.C3H6/c1-5-10-6-8-11(9-7-10)12(2,3)4;1-2-7-4-3-5-8-6-7;1-4-2-5(8)7(10)6(9)3-4;1-4(6-3)5(2)7;1-3-2/h6-9H,5H2,1-4H3;3-6H,2H2,1H3;2-3,8-10H,1H3;1-3H3;3H,1H2,2H3. The Hall–Kier alpha value is -3.93. The topological polar surface area (TPSA) is 103 Å². The molecule has 3 rings (SSSR count). The summed E-state index contributed by atoms with van der Waals surface area (Å²) in [6, 6.07) is 15.7. The molecular weight excluding hydrogens is 500 g/mol. The molecule has 3 aromatic rings. The van der Waals surface area contributed by atoms with Crippen molar-refractivity contribution in [2.45, 2.75) is 80.6 Å². The van der Waals surface area contributed by atoms with Gasteiger partial charge in [0.1, 0.15) is 0 Å². The molecule has 0 atom stereocenters. The molecule has 0 spiro atoms. The highest BCUT2D eigenvalue weighted by atomic mass is 16.3. The van der Waals surface area contributed by atoms with Gasteiger partial charge in [0.15, 0.2) is 23.0 Å². The number of Topliss-reactive ketones (excluding diaryl/α,β-unsaturated/α-hetero) is 1. The molecule has 0 aliphatic carbocycles. The second kappa shape index (κ2) is 21.0. The fourth-order valence-electron chi connectivity index (χ4n) is 2.75. The lowest BCUT2D eigenvalue weighted by Crippen LogP contribution is -2.10. The zero-order valence-corrected chi connectivity index (χ0v) is 26.1. The van der Waals surface area contributed by atoms with E-state index < -0.39 is 5.75 Å². The first-order valence-corrected chi connectivity index (χ1v) is 13.4. The van der Waals surface area contributed by atoms with Crippen molar-refractivity contribution in [3.63, 3.8) is 0 Å². The van der Waals surface area contributed by atoms with Crippen molar-refractivity contribution in [3.05, 3.63) is 95.8 Å². The molecule has 0 unspecified atom stereocenters. The molecule has 6 heteroatoms. The van der Waals surface area contributed by atoms with Crippen molar-refractivity contribution in [1.82, 2.24) is 4.98 Å². The SMILES string of the molecule is C=CC.CCc1ccc(C(C)(C)C)cc1.CCc1cccnc1.CN=C(C)C(C)=O.Cc1cc(O)c(O)c(O)c1. The summed E-state index contributed by atoms with van der Waals surface area (Å²) in [4.78, 5) is 17.9. The van der Waals surface area contributed by atoms with Crippen LogP contribution in [0.15, 0.2) is 78.6 Å². The number of hydrogen-bond donors (Lipinski definition) is 3. The molecule has 0 bridgehead atoms. The summed E-state index contributed by atoms with van der Waals surface area (Å²) in [5.74, 6) is -1.01. The summed E-state index contributed by atoms with van der Waals surface area (Å²) in [7, 11) is 1.61. The third-order valence-electron chi connectivity index (χ3n) is 5.42. The van der Waals surface area contributed by atoms with Gasteiger partial charge in [-0.15, -0.1) is 6.58 Å². The van der Waals surface area contributed by atoms with Crippen LogP contribution < -0.4 is 0 Å². The number of rotatable bonds is 3. The van der Waals surface area contributed by atoms with Gasteiger partial charge < -0.3 is 15.3 Å². The average Bonchev–Trinajstić information content (AvgIpc) is 2.92. The molecule has 0 fully saturated rings. The maximum atomic E-state index is 10.2. The summed E-state index contributed by atoms with van der Waals surface area (Å²) in [5, 5.41) is 26.6. The Bertz CT molecular complexity index is 1120. The van der Waals surface area contributed by atoms with Gasteiger partial charge in [0.05, 0.1) is 5.71 Å². The zero-order chi connectivity index (χ0) is 31.3. The first-order valence-electron chi connectivity index (χ1n) is 13.4. The number of aliphatic imine (C=N–C) groups is 1. The van der Waals surface area contributed by atoms with Gasteiger partial charge in [-0.3, -0.25) is 14.8 Å². The molecule has 220 valence electrons. The number of hydrogen-bond acceptors (Lipinski definition) is 6. The maximum Gasteiger partial charge on any atom is 0.200 e. The van der Waals surface area contributed by atoms with Gasteiger partial charge in [-0.25, -0.2) is 0 Å². The van der Waals surface area contributed by atoms with Gasteiger partial charge in [-0.2, -0.15) is 0 Å². The van der Waals surface area contributed by atoms with Gasteiger partial charge in [0.25, 0.3) is 0 Å². The minimum Gasteiger partial charge on any atom is -0.504 e. The summed E-state index contributed by atoms with van der Waals surface area (Å²) in [6.45, 7) is 21.2. The van der Waals surface area contributed by atoms with Crippen molar-refractivity contribution in [3.8, 4) is 17.2 Å². The van der Waals surface area contributed by atoms with Gasteiger partial charge in [-0.1, -0.05) is 71.0 Å². The molecule has 0 radical (unpaired) electrons. The quantitative estimate of drug-likeness (QED) is 0.173. The third-order valence-corrected chi connectivity index (χ3v) is 5.42. The first kappa shape index (κ1) is 38.2. The van der Waals surface area contributed by atoms with E-state index in [0.717, 1.165) is 12.8 Å². The van der Waals surface area contributed by atoms with E-state index in [9.17, 15) is 4.79 Å². The minimum absolute atomic E-state index is 0.0440. The summed E-state index contributed by atoms with van der Waals surface area (Å²) in [6.07, 6.45) is 7.64. The van der Waals surface area contributed by atoms with Crippen LogP contribution in [0.4, 0.5) is 0 Å². The van der Waals surface area contributed by atoms with Gasteiger partial charge in [-0.05, 0) is 79.5 Å². The highest BCUT2D eigenvalue weighted by Crippen LogP contribution is 2.34. The van der Waals surface area contributed by atoms with Crippen molar-refractivity contribution < 1.29 is 20.1 Å². The van der Waals surface area contributed by atoms with Gasteiger partial charge in [0.2, 0.25) is 0 Å². The molecule has 0 aliphatic rings. The Balaban J connectivity index is 0. The van der Waals surface area contributed by atoms with E-state index in [-0.39, 0.29) is 22.7 Å². The molecule has 0 saturated carbocycles. The Labute approximate surface area is 242 Å². The molecular formula is C34H50N2O4. The lowest BCUT2D eigenvalue weighted by atomic mass is 9.86. The molecule has 6 nitrogen and oxygen atoms in total. The Morgan fingerprint density at radius 3 is 1.70 bits per heavy atom. The normalized spacial score (nSPS) is 10.1. The van der Waals surface area contributed by atoms with Crippen molar-refractivity contribution in [2.75, 3.05) is 7.05 Å². The number of aryl methyl sites for hydroxylation is 3. The van der Waals surface area contributed by atoms with Gasteiger partial charge in [0, 0.05) is 26.4 Å². The fourth-order valence-corrected chi connectivity index (χ4v) is 2.75. The summed E-state index contributed by atoms with van der Waals surface area (Å²) >= 11 is 0. The second-order valence-corrected chi connectivity index (χ2v) is 9.94. The molecule has 1 heterocycles. The number of phenolic OH excluding ortho intramolecular Hbond substituents is 3. The largest absolute Gasteiger partial charge is 0.504 e. The Morgan fingerprint density at radius 1 is 0.950 bits per heavy atom. The highest BCUT2D eigenvalue weighted by molar-refractivity contribution is 6.37. The lowest BCUT2D eigenvalue weighted by Gasteiger charge is -2.18. The number of benzene rings is 2. The second-order valence-electron chi connectivity index (χ2n) is 9.94. The van der Waals surface area contributed by atoms with E-state index >= 15 is 0 Å². The van der Waals surface area contributed by atoms with Gasteiger partial charge >= 0.3 is 0 Å². The smallest absolute Gasteiger partial charge is 0.200 e. The summed E-state index contributed by atoms with van der Waals surface area (Å²) < 4.78 is 0. The molecule has 0 amide bonds. The Morgan fingerprint density at radius 2 is 1.43 bits per heavy atom. The Kier molecular flexibility index (Phi) is 20.0. The number of ketones is 1.